The van der Waals surface area contributed by atoms with Crippen molar-refractivity contribution in [2.45, 2.75) is 12.5 Å². The number of ether oxygens (including phenoxy) is 2. The van der Waals surface area contributed by atoms with Crippen molar-refractivity contribution >= 4 is 34.7 Å². The molecule has 2 aromatic carbocycles. The number of hydrogen-bond acceptors (Lipinski definition) is 9. The summed E-state index contributed by atoms with van der Waals surface area (Å²) in [5.74, 6) is -0.0114. The molecule has 0 radical (unpaired) electrons. The second-order valence-electron chi connectivity index (χ2n) is 8.68. The summed E-state index contributed by atoms with van der Waals surface area (Å²) in [6, 6.07) is 14.1. The number of halogens is 1. The molecular weight excluding hydrogens is 491 g/mol. The number of β-amino-alcohol motifs (C(OH)–C–C–N with tert-alkyl or cyclic N) is 1. The molecule has 1 saturated heterocycles. The van der Waals surface area contributed by atoms with Crippen LogP contribution in [0.15, 0.2) is 66.9 Å². The number of aromatic nitrogens is 2. The fourth-order valence-corrected chi connectivity index (χ4v) is 3.80. The van der Waals surface area contributed by atoms with Crippen LogP contribution < -0.4 is 20.7 Å². The molecule has 38 heavy (non-hydrogen) atoms. The van der Waals surface area contributed by atoms with Crippen LogP contribution in [0.1, 0.15) is 6.42 Å². The Labute approximate surface area is 220 Å². The van der Waals surface area contributed by atoms with Gasteiger partial charge in [0, 0.05) is 49.9 Å². The average molecular weight is 523 g/mol. The van der Waals surface area contributed by atoms with Gasteiger partial charge in [-0.3, -0.25) is 9.69 Å². The zero-order chi connectivity index (χ0) is 26.7. The van der Waals surface area contributed by atoms with Gasteiger partial charge in [-0.05, 0) is 48.9 Å². The number of anilines is 5. The third-order valence-electron chi connectivity index (χ3n) is 5.68. The molecule has 4 N–H and O–H groups in total. The fourth-order valence-electron chi connectivity index (χ4n) is 3.80. The lowest BCUT2D eigenvalue weighted by Gasteiger charge is -2.12. The number of nitrogens with one attached hydrogen (secondary N) is 3. The van der Waals surface area contributed by atoms with Gasteiger partial charge in [-0.1, -0.05) is 12.1 Å². The van der Waals surface area contributed by atoms with E-state index in [0.29, 0.717) is 49.1 Å². The fraction of sp³-hybridized carbons (Fsp3) is 0.296. The Bertz CT molecular complexity index is 1240. The van der Waals surface area contributed by atoms with Crippen LogP contribution >= 0.6 is 0 Å². The Balaban J connectivity index is 1.33. The molecule has 1 fully saturated rings. The summed E-state index contributed by atoms with van der Waals surface area (Å²) in [7, 11) is 1.61. The van der Waals surface area contributed by atoms with E-state index in [4.69, 9.17) is 9.47 Å². The third kappa shape index (κ3) is 8.23. The minimum absolute atomic E-state index is 0.0156. The molecule has 1 amide bonds. The Morgan fingerprint density at radius 2 is 1.97 bits per heavy atom. The maximum absolute atomic E-state index is 14.5. The molecular formula is C27H31FN6O4. The molecule has 0 aliphatic carbocycles. The first-order chi connectivity index (χ1) is 18.5. The summed E-state index contributed by atoms with van der Waals surface area (Å²) in [6.07, 6.45) is 4.77. The highest BCUT2D eigenvalue weighted by molar-refractivity contribution is 5.99. The number of nitrogens with zero attached hydrogens (tertiary/aromatic N) is 3. The number of rotatable bonds is 12. The van der Waals surface area contributed by atoms with Gasteiger partial charge in [0.1, 0.15) is 12.4 Å². The molecule has 200 valence electrons. The van der Waals surface area contributed by atoms with Crippen LogP contribution in [0.3, 0.4) is 0 Å². The molecule has 4 rings (SSSR count). The zero-order valence-electron chi connectivity index (χ0n) is 21.1. The molecule has 1 aliphatic heterocycles. The van der Waals surface area contributed by atoms with Crippen LogP contribution in [0.2, 0.25) is 0 Å². The number of methoxy groups -OCH3 is 1. The van der Waals surface area contributed by atoms with E-state index in [0.717, 1.165) is 19.2 Å². The Morgan fingerprint density at radius 1 is 1.16 bits per heavy atom. The molecule has 3 aromatic rings. The average Bonchev–Trinajstić information content (AvgIpc) is 3.32. The van der Waals surface area contributed by atoms with Crippen molar-refractivity contribution in [3.05, 3.63) is 72.7 Å². The Kier molecular flexibility index (Phi) is 9.57. The number of hydrogen-bond donors (Lipinski definition) is 4. The van der Waals surface area contributed by atoms with Gasteiger partial charge in [0.15, 0.2) is 11.6 Å². The van der Waals surface area contributed by atoms with Gasteiger partial charge in [0.25, 0.3) is 0 Å². The minimum atomic E-state index is -0.623. The van der Waals surface area contributed by atoms with Gasteiger partial charge in [0.05, 0.1) is 18.9 Å². The highest BCUT2D eigenvalue weighted by Crippen LogP contribution is 2.23. The zero-order valence-corrected chi connectivity index (χ0v) is 21.1. The molecule has 1 aromatic heterocycles. The smallest absolute Gasteiger partial charge is 0.248 e. The topological polar surface area (TPSA) is 121 Å². The van der Waals surface area contributed by atoms with Gasteiger partial charge >= 0.3 is 0 Å². The Morgan fingerprint density at radius 3 is 2.74 bits per heavy atom. The van der Waals surface area contributed by atoms with Gasteiger partial charge in [-0.25, -0.2) is 9.37 Å². The number of aliphatic hydroxyl groups excluding tert-OH is 1. The number of carbonyl (C=O) groups is 1. The molecule has 0 spiro atoms. The van der Waals surface area contributed by atoms with Crippen LogP contribution in [0, 0.1) is 5.82 Å². The number of benzene rings is 2. The lowest BCUT2D eigenvalue weighted by molar-refractivity contribution is -0.111. The van der Waals surface area contributed by atoms with E-state index in [2.05, 4.69) is 30.8 Å². The summed E-state index contributed by atoms with van der Waals surface area (Å²) in [6.45, 7) is 2.98. The van der Waals surface area contributed by atoms with Gasteiger partial charge in [-0.15, -0.1) is 0 Å². The molecule has 1 aliphatic rings. The number of aliphatic hydroxyl groups is 1. The van der Waals surface area contributed by atoms with Crippen LogP contribution in [0.25, 0.3) is 0 Å². The summed E-state index contributed by atoms with van der Waals surface area (Å²) in [5, 5.41) is 18.3. The van der Waals surface area contributed by atoms with E-state index in [1.54, 1.807) is 61.7 Å². The summed E-state index contributed by atoms with van der Waals surface area (Å²) < 4.78 is 25.0. The number of amides is 1. The summed E-state index contributed by atoms with van der Waals surface area (Å²) in [5.41, 5.74) is 1.79. The van der Waals surface area contributed by atoms with Crippen molar-refractivity contribution in [3.63, 3.8) is 0 Å². The number of likely N-dealkylation sites (tertiary alicyclic amines) is 1. The van der Waals surface area contributed by atoms with Gasteiger partial charge in [-0.2, -0.15) is 4.98 Å². The lowest BCUT2D eigenvalue weighted by Crippen LogP contribution is -2.22. The van der Waals surface area contributed by atoms with Crippen molar-refractivity contribution in [3.8, 4) is 5.75 Å². The van der Waals surface area contributed by atoms with Crippen molar-refractivity contribution in [1.29, 1.82) is 0 Å². The van der Waals surface area contributed by atoms with E-state index in [-0.39, 0.29) is 23.8 Å². The van der Waals surface area contributed by atoms with E-state index >= 15 is 0 Å². The first kappa shape index (κ1) is 27.0. The van der Waals surface area contributed by atoms with Crippen molar-refractivity contribution in [2.75, 3.05) is 55.9 Å². The monoisotopic (exact) mass is 522 g/mol. The van der Waals surface area contributed by atoms with E-state index in [1.165, 1.54) is 6.08 Å². The molecule has 0 saturated carbocycles. The van der Waals surface area contributed by atoms with Gasteiger partial charge < -0.3 is 30.5 Å². The normalized spacial score (nSPS) is 15.5. The Hall–Kier alpha value is -4.06. The highest BCUT2D eigenvalue weighted by atomic mass is 19.1. The van der Waals surface area contributed by atoms with Crippen LogP contribution in [-0.2, 0) is 9.53 Å². The molecule has 0 bridgehead atoms. The predicted octanol–water partition coefficient (Wildman–Crippen LogP) is 3.69. The van der Waals surface area contributed by atoms with E-state index in [1.807, 2.05) is 0 Å². The number of carbonyl (C=O) groups excluding carboxylic acids is 1. The molecule has 1 atom stereocenters. The molecule has 10 nitrogen and oxygen atoms in total. The maximum Gasteiger partial charge on any atom is 0.248 e. The molecule has 0 unspecified atom stereocenters. The first-order valence-corrected chi connectivity index (χ1v) is 12.2. The summed E-state index contributed by atoms with van der Waals surface area (Å²) >= 11 is 0. The van der Waals surface area contributed by atoms with Crippen LogP contribution in [0.4, 0.5) is 33.2 Å². The minimum Gasteiger partial charge on any atom is -0.491 e. The van der Waals surface area contributed by atoms with Crippen molar-refractivity contribution in [1.82, 2.24) is 14.9 Å². The maximum atomic E-state index is 14.5. The standard InChI is InChI=1S/C27H31FN6O4/c1-37-14-15-38-23-9-7-19(8-10-23)32-27-29-17-24(28)26(33-27)31-21-5-2-4-20(16-21)30-25(36)6-3-12-34-13-11-22(35)18-34/h2-10,16-17,22,35H,11-15,18H2,1H3,(H,30,36)(H2,29,31,32,33)/t22-/m1/s1. The predicted molar refractivity (Wildman–Crippen MR) is 144 cm³/mol. The molecule has 2 heterocycles. The van der Waals surface area contributed by atoms with Crippen LogP contribution in [0.5, 0.6) is 5.75 Å². The highest BCUT2D eigenvalue weighted by Gasteiger charge is 2.18. The first-order valence-electron chi connectivity index (χ1n) is 12.2. The van der Waals surface area contributed by atoms with E-state index in [9.17, 15) is 14.3 Å². The second kappa shape index (κ2) is 13.5. The third-order valence-corrected chi connectivity index (χ3v) is 5.68. The van der Waals surface area contributed by atoms with Crippen molar-refractivity contribution in [2.24, 2.45) is 0 Å². The van der Waals surface area contributed by atoms with E-state index < -0.39 is 5.82 Å². The SMILES string of the molecule is COCCOc1ccc(Nc2ncc(F)c(Nc3cccc(NC(=O)C=CCN4CC[C@@H](O)C4)c3)n2)cc1. The van der Waals surface area contributed by atoms with Gasteiger partial charge in [0.2, 0.25) is 11.9 Å². The lowest BCUT2D eigenvalue weighted by atomic mass is 10.2. The quantitative estimate of drug-likeness (QED) is 0.208. The van der Waals surface area contributed by atoms with Crippen LogP contribution in [-0.4, -0.2) is 71.9 Å². The largest absolute Gasteiger partial charge is 0.491 e. The molecule has 11 heteroatoms. The summed E-state index contributed by atoms with van der Waals surface area (Å²) in [4.78, 5) is 22.6. The van der Waals surface area contributed by atoms with Crippen molar-refractivity contribution < 1.29 is 23.8 Å². The second-order valence-corrected chi connectivity index (χ2v) is 8.68.